The molecule has 6 heteroatoms. The van der Waals surface area contributed by atoms with E-state index in [1.165, 1.54) is 0 Å². The summed E-state index contributed by atoms with van der Waals surface area (Å²) in [5, 5.41) is 0. The molecule has 2 aromatic rings. The lowest BCUT2D eigenvalue weighted by molar-refractivity contribution is -0.0357. The van der Waals surface area contributed by atoms with Gasteiger partial charge >= 0.3 is 0 Å². The van der Waals surface area contributed by atoms with Crippen molar-refractivity contribution < 1.29 is 4.74 Å². The molecule has 18 heavy (non-hydrogen) atoms. The molecular weight excluding hydrogens is 230 g/mol. The zero-order valence-corrected chi connectivity index (χ0v) is 9.99. The average molecular weight is 245 g/mol. The predicted octanol–water partition coefficient (Wildman–Crippen LogP) is 0.773. The van der Waals surface area contributed by atoms with Gasteiger partial charge in [0.25, 0.3) is 0 Å². The summed E-state index contributed by atoms with van der Waals surface area (Å²) in [5.41, 5.74) is 0.939. The van der Waals surface area contributed by atoms with Gasteiger partial charge in [-0.1, -0.05) is 0 Å². The van der Waals surface area contributed by atoms with Gasteiger partial charge in [0.05, 0.1) is 18.8 Å². The van der Waals surface area contributed by atoms with Gasteiger partial charge < -0.3 is 9.72 Å². The molecule has 2 aromatic heterocycles. The summed E-state index contributed by atoms with van der Waals surface area (Å²) in [6, 6.07) is 1.90. The van der Waals surface area contributed by atoms with E-state index >= 15 is 0 Å². The third-order valence-corrected chi connectivity index (χ3v) is 3.01. The Morgan fingerprint density at radius 3 is 3.17 bits per heavy atom. The maximum atomic E-state index is 5.75. The van der Waals surface area contributed by atoms with Crippen molar-refractivity contribution in [2.75, 3.05) is 19.7 Å². The molecule has 1 aliphatic heterocycles. The molecule has 94 valence electrons. The van der Waals surface area contributed by atoms with E-state index in [4.69, 9.17) is 4.74 Å². The van der Waals surface area contributed by atoms with Crippen LogP contribution in [0.3, 0.4) is 0 Å². The van der Waals surface area contributed by atoms with Gasteiger partial charge in [0.2, 0.25) is 0 Å². The van der Waals surface area contributed by atoms with Crippen molar-refractivity contribution in [2.24, 2.45) is 0 Å². The summed E-state index contributed by atoms with van der Waals surface area (Å²) >= 11 is 0. The number of morpholine rings is 1. The molecule has 6 nitrogen and oxygen atoms in total. The molecule has 3 rings (SSSR count). The Labute approximate surface area is 105 Å². The molecule has 0 unspecified atom stereocenters. The monoisotopic (exact) mass is 245 g/mol. The van der Waals surface area contributed by atoms with E-state index < -0.39 is 0 Å². The maximum Gasteiger partial charge on any atom is 0.120 e. The zero-order valence-electron chi connectivity index (χ0n) is 9.99. The standard InChI is InChI=1S/C12H15N5O/c1-2-13-9-16-10(1)11-7-17(5-6-18-11)8-12-14-3-4-15-12/h1-4,9,11H,5-8H2,(H,14,15)/t11-/m0/s1. The van der Waals surface area contributed by atoms with Crippen LogP contribution in [0.25, 0.3) is 0 Å². The van der Waals surface area contributed by atoms with Gasteiger partial charge in [0.1, 0.15) is 18.3 Å². The Morgan fingerprint density at radius 1 is 1.39 bits per heavy atom. The number of ether oxygens (including phenoxy) is 1. The number of rotatable bonds is 3. The van der Waals surface area contributed by atoms with Crippen molar-refractivity contribution >= 4 is 0 Å². The number of hydrogen-bond acceptors (Lipinski definition) is 5. The first-order valence-electron chi connectivity index (χ1n) is 6.00. The van der Waals surface area contributed by atoms with Crippen molar-refractivity contribution in [1.29, 1.82) is 0 Å². The topological polar surface area (TPSA) is 66.9 Å². The molecule has 1 N–H and O–H groups in total. The van der Waals surface area contributed by atoms with Crippen molar-refractivity contribution in [2.45, 2.75) is 12.6 Å². The van der Waals surface area contributed by atoms with Crippen molar-refractivity contribution in [3.05, 3.63) is 42.5 Å². The number of aromatic nitrogens is 4. The maximum absolute atomic E-state index is 5.75. The fraction of sp³-hybridized carbons (Fsp3) is 0.417. The molecule has 1 atom stereocenters. The van der Waals surface area contributed by atoms with E-state index in [9.17, 15) is 0 Å². The highest BCUT2D eigenvalue weighted by Crippen LogP contribution is 2.20. The summed E-state index contributed by atoms with van der Waals surface area (Å²) in [6.45, 7) is 3.29. The molecule has 3 heterocycles. The largest absolute Gasteiger partial charge is 0.369 e. The van der Waals surface area contributed by atoms with E-state index in [0.29, 0.717) is 0 Å². The van der Waals surface area contributed by atoms with Gasteiger partial charge in [-0.15, -0.1) is 0 Å². The summed E-state index contributed by atoms with van der Waals surface area (Å²) in [5.74, 6) is 0.985. The van der Waals surface area contributed by atoms with E-state index in [0.717, 1.165) is 37.8 Å². The number of nitrogens with zero attached hydrogens (tertiary/aromatic N) is 4. The number of nitrogens with one attached hydrogen (secondary N) is 1. The minimum Gasteiger partial charge on any atom is -0.369 e. The molecule has 0 spiro atoms. The average Bonchev–Trinajstić information content (AvgIpc) is 2.93. The van der Waals surface area contributed by atoms with E-state index in [1.54, 1.807) is 18.7 Å². The molecule has 0 amide bonds. The minimum atomic E-state index is 0.0247. The van der Waals surface area contributed by atoms with Crippen LogP contribution in [-0.4, -0.2) is 44.5 Å². The van der Waals surface area contributed by atoms with Crippen LogP contribution < -0.4 is 0 Å². The highest BCUT2D eigenvalue weighted by atomic mass is 16.5. The molecule has 0 saturated carbocycles. The van der Waals surface area contributed by atoms with E-state index in [1.807, 2.05) is 12.3 Å². The highest BCUT2D eigenvalue weighted by molar-refractivity contribution is 5.04. The second-order valence-corrected chi connectivity index (χ2v) is 4.26. The lowest BCUT2D eigenvalue weighted by Crippen LogP contribution is -2.38. The number of hydrogen-bond donors (Lipinski definition) is 1. The number of H-pyrrole nitrogens is 1. The molecule has 0 aromatic carbocycles. The minimum absolute atomic E-state index is 0.0247. The Balaban J connectivity index is 1.65. The highest BCUT2D eigenvalue weighted by Gasteiger charge is 2.23. The smallest absolute Gasteiger partial charge is 0.120 e. The van der Waals surface area contributed by atoms with Gasteiger partial charge in [0.15, 0.2) is 0 Å². The summed E-state index contributed by atoms with van der Waals surface area (Å²) < 4.78 is 5.75. The first-order valence-corrected chi connectivity index (χ1v) is 6.00. The Bertz CT molecular complexity index is 472. The second-order valence-electron chi connectivity index (χ2n) is 4.26. The van der Waals surface area contributed by atoms with Gasteiger partial charge in [-0.3, -0.25) is 4.90 Å². The fourth-order valence-electron chi connectivity index (χ4n) is 2.11. The van der Waals surface area contributed by atoms with Crippen molar-refractivity contribution in [3.63, 3.8) is 0 Å². The third-order valence-electron chi connectivity index (χ3n) is 3.01. The van der Waals surface area contributed by atoms with Gasteiger partial charge in [-0.05, 0) is 6.07 Å². The number of imidazole rings is 1. The Kier molecular flexibility index (Phi) is 3.29. The molecule has 0 bridgehead atoms. The molecule has 0 aliphatic carbocycles. The molecule has 1 saturated heterocycles. The van der Waals surface area contributed by atoms with Crippen molar-refractivity contribution in [1.82, 2.24) is 24.8 Å². The Hall–Kier alpha value is -1.79. The molecule has 1 aliphatic rings. The zero-order chi connectivity index (χ0) is 12.2. The lowest BCUT2D eigenvalue weighted by atomic mass is 10.2. The van der Waals surface area contributed by atoms with Gasteiger partial charge in [-0.25, -0.2) is 15.0 Å². The molecule has 1 fully saturated rings. The van der Waals surface area contributed by atoms with Gasteiger partial charge in [-0.2, -0.15) is 0 Å². The van der Waals surface area contributed by atoms with Crippen LogP contribution in [0.1, 0.15) is 17.6 Å². The summed E-state index contributed by atoms with van der Waals surface area (Å²) in [6.07, 6.45) is 6.95. The first-order chi connectivity index (χ1) is 8.92. The van der Waals surface area contributed by atoms with Crippen LogP contribution in [0.2, 0.25) is 0 Å². The van der Waals surface area contributed by atoms with E-state index in [2.05, 4.69) is 24.8 Å². The fourth-order valence-corrected chi connectivity index (χ4v) is 2.11. The quantitative estimate of drug-likeness (QED) is 0.865. The lowest BCUT2D eigenvalue weighted by Gasteiger charge is -2.31. The molecular formula is C12H15N5O. The first kappa shape index (κ1) is 11.3. The van der Waals surface area contributed by atoms with Crippen LogP contribution in [0.5, 0.6) is 0 Å². The van der Waals surface area contributed by atoms with Crippen molar-refractivity contribution in [3.8, 4) is 0 Å². The van der Waals surface area contributed by atoms with Crippen LogP contribution >= 0.6 is 0 Å². The summed E-state index contributed by atoms with van der Waals surface area (Å²) in [7, 11) is 0. The summed E-state index contributed by atoms with van der Waals surface area (Å²) in [4.78, 5) is 17.9. The predicted molar refractivity (Wildman–Crippen MR) is 64.6 cm³/mol. The van der Waals surface area contributed by atoms with Crippen LogP contribution in [0, 0.1) is 0 Å². The normalized spacial score (nSPS) is 21.0. The van der Waals surface area contributed by atoms with Crippen LogP contribution in [0.15, 0.2) is 31.0 Å². The molecule has 0 radical (unpaired) electrons. The van der Waals surface area contributed by atoms with Crippen LogP contribution in [-0.2, 0) is 11.3 Å². The van der Waals surface area contributed by atoms with Gasteiger partial charge in [0, 0.05) is 31.7 Å². The Morgan fingerprint density at radius 2 is 2.39 bits per heavy atom. The number of aromatic amines is 1. The van der Waals surface area contributed by atoms with Crippen LogP contribution in [0.4, 0.5) is 0 Å². The second kappa shape index (κ2) is 5.24. The van der Waals surface area contributed by atoms with E-state index in [-0.39, 0.29) is 6.10 Å². The third kappa shape index (κ3) is 2.55. The SMILES string of the molecule is c1cc([C@@H]2CN(Cc3ncc[nH]3)CCO2)ncn1.